The number of anilines is 1. The van der Waals surface area contributed by atoms with E-state index in [2.05, 4.69) is 20.5 Å². The Morgan fingerprint density at radius 3 is 2.39 bits per heavy atom. The molecule has 0 unspecified atom stereocenters. The summed E-state index contributed by atoms with van der Waals surface area (Å²) in [5, 5.41) is 8.13. The maximum Gasteiger partial charge on any atom is 0.445 e. The minimum atomic E-state index is -4.61. The predicted octanol–water partition coefficient (Wildman–Crippen LogP) is 5.02. The number of benzene rings is 2. The van der Waals surface area contributed by atoms with Gasteiger partial charge in [0.15, 0.2) is 0 Å². The molecule has 0 atom stereocenters. The highest BCUT2D eigenvalue weighted by atomic mass is 32.1. The zero-order valence-corrected chi connectivity index (χ0v) is 14.9. The minimum Gasteiger partial charge on any atom is -0.296 e. The monoisotopic (exact) mass is 400 g/mol. The summed E-state index contributed by atoms with van der Waals surface area (Å²) in [5.74, 6) is -0.583. The van der Waals surface area contributed by atoms with E-state index in [4.69, 9.17) is 0 Å². The SMILES string of the molecule is O=C(Nc1nnc(C(F)(F)F)s1)c1cc(-c2ccccc2)nc2ccccc12. The number of amides is 1. The zero-order chi connectivity index (χ0) is 19.7. The van der Waals surface area contributed by atoms with E-state index in [1.165, 1.54) is 0 Å². The van der Waals surface area contributed by atoms with Crippen LogP contribution in [0, 0.1) is 0 Å². The Balaban J connectivity index is 1.74. The van der Waals surface area contributed by atoms with Crippen LogP contribution in [-0.4, -0.2) is 21.1 Å². The molecule has 2 aromatic heterocycles. The normalized spacial score (nSPS) is 11.5. The Kier molecular flexibility index (Phi) is 4.52. The van der Waals surface area contributed by atoms with Gasteiger partial charge in [0, 0.05) is 10.9 Å². The van der Waals surface area contributed by atoms with Gasteiger partial charge in [-0.2, -0.15) is 13.2 Å². The molecule has 140 valence electrons. The lowest BCUT2D eigenvalue weighted by Gasteiger charge is -2.09. The summed E-state index contributed by atoms with van der Waals surface area (Å²) in [6.07, 6.45) is -4.61. The summed E-state index contributed by atoms with van der Waals surface area (Å²) in [4.78, 5) is 17.4. The van der Waals surface area contributed by atoms with E-state index in [1.807, 2.05) is 30.3 Å². The van der Waals surface area contributed by atoms with Gasteiger partial charge in [0.25, 0.3) is 5.91 Å². The van der Waals surface area contributed by atoms with E-state index in [0.29, 0.717) is 16.6 Å². The molecule has 0 spiro atoms. The fourth-order valence-electron chi connectivity index (χ4n) is 2.67. The molecular formula is C19H11F3N4OS. The third-order valence-electron chi connectivity index (χ3n) is 3.92. The van der Waals surface area contributed by atoms with Crippen LogP contribution in [0.2, 0.25) is 0 Å². The van der Waals surface area contributed by atoms with Gasteiger partial charge in [-0.3, -0.25) is 10.1 Å². The molecule has 0 saturated heterocycles. The average molecular weight is 400 g/mol. The van der Waals surface area contributed by atoms with Crippen molar-refractivity contribution in [3.05, 3.63) is 71.2 Å². The third kappa shape index (κ3) is 3.56. The number of nitrogens with zero attached hydrogens (tertiary/aromatic N) is 3. The van der Waals surface area contributed by atoms with Gasteiger partial charge in [0.1, 0.15) is 0 Å². The van der Waals surface area contributed by atoms with Crippen LogP contribution in [0.5, 0.6) is 0 Å². The molecule has 0 fully saturated rings. The lowest BCUT2D eigenvalue weighted by Crippen LogP contribution is -2.13. The van der Waals surface area contributed by atoms with Crippen LogP contribution >= 0.6 is 11.3 Å². The number of aromatic nitrogens is 3. The summed E-state index contributed by atoms with van der Waals surface area (Å²) < 4.78 is 38.1. The third-order valence-corrected chi connectivity index (χ3v) is 4.80. The molecule has 5 nitrogen and oxygen atoms in total. The van der Waals surface area contributed by atoms with Crippen molar-refractivity contribution in [3.8, 4) is 11.3 Å². The van der Waals surface area contributed by atoms with Gasteiger partial charge in [-0.1, -0.05) is 59.9 Å². The maximum atomic E-state index is 12.8. The number of para-hydroxylation sites is 1. The van der Waals surface area contributed by atoms with Crippen LogP contribution in [0.4, 0.5) is 18.3 Å². The zero-order valence-electron chi connectivity index (χ0n) is 14.1. The minimum absolute atomic E-state index is 0.223. The molecule has 4 aromatic rings. The van der Waals surface area contributed by atoms with E-state index in [-0.39, 0.29) is 22.0 Å². The van der Waals surface area contributed by atoms with Crippen LogP contribution in [0.15, 0.2) is 60.7 Å². The number of hydrogen-bond donors (Lipinski definition) is 1. The number of carbonyl (C=O) groups excluding carboxylic acids is 1. The molecular weight excluding hydrogens is 389 g/mol. The van der Waals surface area contributed by atoms with Crippen LogP contribution in [0.1, 0.15) is 15.4 Å². The number of carbonyl (C=O) groups is 1. The molecule has 9 heteroatoms. The molecule has 0 saturated carbocycles. The number of pyridine rings is 1. The lowest BCUT2D eigenvalue weighted by atomic mass is 10.0. The summed E-state index contributed by atoms with van der Waals surface area (Å²) in [7, 11) is 0. The molecule has 1 N–H and O–H groups in total. The molecule has 1 amide bonds. The van der Waals surface area contributed by atoms with Gasteiger partial charge >= 0.3 is 6.18 Å². The molecule has 0 bridgehead atoms. The average Bonchev–Trinajstić information content (AvgIpc) is 3.17. The van der Waals surface area contributed by atoms with Gasteiger partial charge in [-0.25, -0.2) is 4.98 Å². The molecule has 2 aromatic carbocycles. The van der Waals surface area contributed by atoms with Crippen molar-refractivity contribution in [2.24, 2.45) is 0 Å². The highest BCUT2D eigenvalue weighted by Crippen LogP contribution is 2.33. The Labute approximate surface area is 160 Å². The highest BCUT2D eigenvalue weighted by molar-refractivity contribution is 7.15. The molecule has 4 rings (SSSR count). The number of hydrogen-bond acceptors (Lipinski definition) is 5. The van der Waals surface area contributed by atoms with E-state index in [9.17, 15) is 18.0 Å². The van der Waals surface area contributed by atoms with Crippen molar-refractivity contribution in [3.63, 3.8) is 0 Å². The largest absolute Gasteiger partial charge is 0.445 e. The van der Waals surface area contributed by atoms with E-state index in [0.717, 1.165) is 5.56 Å². The first-order valence-electron chi connectivity index (χ1n) is 8.09. The molecule has 28 heavy (non-hydrogen) atoms. The summed E-state index contributed by atoms with van der Waals surface area (Å²) in [5.41, 5.74) is 2.28. The first kappa shape index (κ1) is 18.1. The molecule has 0 aliphatic heterocycles. The second kappa shape index (κ2) is 7.01. The first-order valence-corrected chi connectivity index (χ1v) is 8.91. The molecule has 0 aliphatic carbocycles. The van der Waals surface area contributed by atoms with Gasteiger partial charge < -0.3 is 0 Å². The first-order chi connectivity index (χ1) is 13.4. The second-order valence-electron chi connectivity index (χ2n) is 5.80. The summed E-state index contributed by atoms with van der Waals surface area (Å²) >= 11 is 0.274. The van der Waals surface area contributed by atoms with Gasteiger partial charge in [0.2, 0.25) is 10.1 Å². The van der Waals surface area contributed by atoms with Crippen LogP contribution in [0.3, 0.4) is 0 Å². The van der Waals surface area contributed by atoms with Gasteiger partial charge in [-0.05, 0) is 12.1 Å². The Bertz CT molecular complexity index is 1160. The standard InChI is InChI=1S/C19H11F3N4OS/c20-19(21,22)17-25-26-18(28-17)24-16(27)13-10-15(11-6-2-1-3-7-11)23-14-9-5-4-8-12(13)14/h1-10H,(H,24,26,27). The van der Waals surface area contributed by atoms with Gasteiger partial charge in [-0.15, -0.1) is 10.2 Å². The van der Waals surface area contributed by atoms with Crippen molar-refractivity contribution in [2.75, 3.05) is 5.32 Å². The Morgan fingerprint density at radius 2 is 1.68 bits per heavy atom. The fourth-order valence-corrected chi connectivity index (χ4v) is 3.28. The predicted molar refractivity (Wildman–Crippen MR) is 100 cm³/mol. The highest BCUT2D eigenvalue weighted by Gasteiger charge is 2.35. The number of alkyl halides is 3. The smallest absolute Gasteiger partial charge is 0.296 e. The lowest BCUT2D eigenvalue weighted by molar-refractivity contribution is -0.138. The molecule has 0 aliphatic rings. The van der Waals surface area contributed by atoms with Crippen LogP contribution < -0.4 is 5.32 Å². The van der Waals surface area contributed by atoms with Gasteiger partial charge in [0.05, 0.1) is 16.8 Å². The number of rotatable bonds is 3. The number of fused-ring (bicyclic) bond motifs is 1. The molecule has 2 heterocycles. The number of nitrogens with one attached hydrogen (secondary N) is 1. The second-order valence-corrected chi connectivity index (χ2v) is 6.78. The summed E-state index contributed by atoms with van der Waals surface area (Å²) in [6, 6.07) is 18.0. The van der Waals surface area contributed by atoms with E-state index in [1.54, 1.807) is 30.3 Å². The van der Waals surface area contributed by atoms with Crippen LogP contribution in [0.25, 0.3) is 22.2 Å². The summed E-state index contributed by atoms with van der Waals surface area (Å²) in [6.45, 7) is 0. The van der Waals surface area contributed by atoms with Crippen molar-refractivity contribution in [1.29, 1.82) is 0 Å². The number of halogens is 3. The van der Waals surface area contributed by atoms with Crippen LogP contribution in [-0.2, 0) is 6.18 Å². The van der Waals surface area contributed by atoms with Crippen molar-refractivity contribution in [1.82, 2.24) is 15.2 Å². The maximum absolute atomic E-state index is 12.8. The fraction of sp³-hybridized carbons (Fsp3) is 0.0526. The Morgan fingerprint density at radius 1 is 0.964 bits per heavy atom. The van der Waals surface area contributed by atoms with E-state index < -0.39 is 17.1 Å². The van der Waals surface area contributed by atoms with Crippen molar-refractivity contribution < 1.29 is 18.0 Å². The van der Waals surface area contributed by atoms with E-state index >= 15 is 0 Å². The molecule has 0 radical (unpaired) electrons. The quantitative estimate of drug-likeness (QED) is 0.524. The van der Waals surface area contributed by atoms with Crippen molar-refractivity contribution >= 4 is 33.3 Å². The Hall–Kier alpha value is -3.33. The topological polar surface area (TPSA) is 67.8 Å². The van der Waals surface area contributed by atoms with Crippen molar-refractivity contribution in [2.45, 2.75) is 6.18 Å².